The molecule has 2 unspecified atom stereocenters. The van der Waals surface area contributed by atoms with Gasteiger partial charge in [-0.2, -0.15) is 0 Å². The lowest BCUT2D eigenvalue weighted by Crippen LogP contribution is -2.34. The Balaban J connectivity index is 2.50. The first kappa shape index (κ1) is 17.1. The minimum absolute atomic E-state index is 0.176. The molecule has 0 radical (unpaired) electrons. The molecule has 1 aliphatic carbocycles. The molecule has 0 fully saturated rings. The number of hydrogen-bond acceptors (Lipinski definition) is 0. The maximum atomic E-state index is 2.49. The largest absolute Gasteiger partial charge is 0.0730 e. The first-order valence-corrected chi connectivity index (χ1v) is 8.96. The minimum atomic E-state index is 0.176. The van der Waals surface area contributed by atoms with E-state index in [9.17, 15) is 0 Å². The van der Waals surface area contributed by atoms with E-state index in [-0.39, 0.29) is 5.41 Å². The van der Waals surface area contributed by atoms with Crippen LogP contribution in [0, 0.1) is 12.8 Å². The van der Waals surface area contributed by atoms with Gasteiger partial charge in [0.05, 0.1) is 0 Å². The summed E-state index contributed by atoms with van der Waals surface area (Å²) in [6, 6.07) is 9.27. The highest BCUT2D eigenvalue weighted by molar-refractivity contribution is 5.41. The second-order valence-electron chi connectivity index (χ2n) is 7.17. The zero-order valence-corrected chi connectivity index (χ0v) is 15.1. The van der Waals surface area contributed by atoms with E-state index in [0.717, 1.165) is 5.92 Å². The molecule has 0 aliphatic heterocycles. The average Bonchev–Trinajstić information content (AvgIpc) is 2.53. The van der Waals surface area contributed by atoms with Crippen molar-refractivity contribution < 1.29 is 0 Å². The zero-order valence-electron chi connectivity index (χ0n) is 15.1. The summed E-state index contributed by atoms with van der Waals surface area (Å²) in [6.45, 7) is 11.6. The molecular formula is C22H32. The highest BCUT2D eigenvalue weighted by atomic mass is 14.4. The van der Waals surface area contributed by atoms with Crippen LogP contribution in [0.25, 0.3) is 0 Å². The fourth-order valence-corrected chi connectivity index (χ4v) is 4.01. The number of benzene rings is 1. The van der Waals surface area contributed by atoms with E-state index in [1.54, 1.807) is 5.57 Å². The lowest BCUT2D eigenvalue weighted by atomic mass is 9.62. The monoisotopic (exact) mass is 296 g/mol. The average molecular weight is 296 g/mol. The Morgan fingerprint density at radius 1 is 1.00 bits per heavy atom. The molecule has 0 heterocycles. The van der Waals surface area contributed by atoms with Crippen molar-refractivity contribution in [1.82, 2.24) is 0 Å². The molecule has 0 N–H and O–H groups in total. The number of hydrogen-bond donors (Lipinski definition) is 0. The van der Waals surface area contributed by atoms with Crippen molar-refractivity contribution in [3.05, 3.63) is 58.7 Å². The fraction of sp³-hybridized carbons (Fsp3) is 0.545. The van der Waals surface area contributed by atoms with Crippen LogP contribution < -0.4 is 0 Å². The van der Waals surface area contributed by atoms with Gasteiger partial charge in [0, 0.05) is 5.41 Å². The molecule has 0 spiro atoms. The summed E-state index contributed by atoms with van der Waals surface area (Å²) in [5.41, 5.74) is 6.16. The Kier molecular flexibility index (Phi) is 5.67. The summed E-state index contributed by atoms with van der Waals surface area (Å²) in [5, 5.41) is 0. The van der Waals surface area contributed by atoms with E-state index in [1.807, 2.05) is 0 Å². The zero-order chi connectivity index (χ0) is 16.2. The van der Waals surface area contributed by atoms with E-state index in [4.69, 9.17) is 0 Å². The minimum Gasteiger partial charge on any atom is -0.0730 e. The van der Waals surface area contributed by atoms with Crippen LogP contribution in [0.3, 0.4) is 0 Å². The first-order valence-electron chi connectivity index (χ1n) is 8.96. The van der Waals surface area contributed by atoms with Crippen LogP contribution in [0.15, 0.2) is 47.6 Å². The normalized spacial score (nSPS) is 19.1. The first-order chi connectivity index (χ1) is 10.5. The smallest absolute Gasteiger partial charge is 0.0165 e. The van der Waals surface area contributed by atoms with E-state index in [0.29, 0.717) is 0 Å². The number of allylic oxidation sites excluding steroid dienone is 4. The molecule has 0 amide bonds. The molecule has 0 heteroatoms. The maximum Gasteiger partial charge on any atom is 0.0165 e. The van der Waals surface area contributed by atoms with Gasteiger partial charge in [-0.1, -0.05) is 86.7 Å². The lowest BCUT2D eigenvalue weighted by Gasteiger charge is -2.41. The van der Waals surface area contributed by atoms with Crippen LogP contribution >= 0.6 is 0 Å². The molecule has 0 bridgehead atoms. The van der Waals surface area contributed by atoms with Crippen LogP contribution in [0.1, 0.15) is 70.9 Å². The van der Waals surface area contributed by atoms with Crippen molar-refractivity contribution in [2.75, 3.05) is 0 Å². The molecule has 1 aromatic carbocycles. The van der Waals surface area contributed by atoms with Gasteiger partial charge in [0.1, 0.15) is 0 Å². The van der Waals surface area contributed by atoms with Gasteiger partial charge in [-0.15, -0.1) is 0 Å². The maximum absolute atomic E-state index is 2.49. The summed E-state index contributed by atoms with van der Waals surface area (Å²) < 4.78 is 0. The van der Waals surface area contributed by atoms with Crippen molar-refractivity contribution >= 4 is 0 Å². The highest BCUT2D eigenvalue weighted by Crippen LogP contribution is 2.46. The Morgan fingerprint density at radius 3 is 2.18 bits per heavy atom. The van der Waals surface area contributed by atoms with Crippen molar-refractivity contribution in [2.24, 2.45) is 5.92 Å². The number of rotatable bonds is 6. The molecule has 1 aromatic rings. The molecule has 0 saturated heterocycles. The second-order valence-corrected chi connectivity index (χ2v) is 7.17. The van der Waals surface area contributed by atoms with Crippen molar-refractivity contribution in [1.29, 1.82) is 0 Å². The van der Waals surface area contributed by atoms with Crippen molar-refractivity contribution in [2.45, 2.75) is 72.1 Å². The van der Waals surface area contributed by atoms with Gasteiger partial charge < -0.3 is 0 Å². The van der Waals surface area contributed by atoms with Crippen LogP contribution in [0.4, 0.5) is 0 Å². The van der Waals surface area contributed by atoms with Gasteiger partial charge in [-0.05, 0) is 44.6 Å². The van der Waals surface area contributed by atoms with Gasteiger partial charge in [0.25, 0.3) is 0 Å². The molecule has 22 heavy (non-hydrogen) atoms. The van der Waals surface area contributed by atoms with Gasteiger partial charge in [-0.25, -0.2) is 0 Å². The molecular weight excluding hydrogens is 264 g/mol. The predicted octanol–water partition coefficient (Wildman–Crippen LogP) is 6.75. The molecule has 0 nitrogen and oxygen atoms in total. The van der Waals surface area contributed by atoms with Crippen LogP contribution in [0.2, 0.25) is 0 Å². The molecule has 2 rings (SSSR count). The number of aryl methyl sites for hydroxylation is 1. The lowest BCUT2D eigenvalue weighted by molar-refractivity contribution is 0.298. The quantitative estimate of drug-likeness (QED) is 0.545. The predicted molar refractivity (Wildman–Crippen MR) is 98.3 cm³/mol. The van der Waals surface area contributed by atoms with E-state index in [2.05, 4.69) is 71.0 Å². The van der Waals surface area contributed by atoms with Crippen molar-refractivity contribution in [3.63, 3.8) is 0 Å². The molecule has 0 aromatic heterocycles. The Bertz CT molecular complexity index is 544. The van der Waals surface area contributed by atoms with Gasteiger partial charge in [0.2, 0.25) is 0 Å². The standard InChI is InChI=1S/C22H32/c1-6-8-19(7-2)22(5,20-13-9-17(3)10-14-20)21-15-11-18(4)12-16-21/h9-11,13-15,19H,6-8,12,16H2,1-5H3. The van der Waals surface area contributed by atoms with Gasteiger partial charge in [-0.3, -0.25) is 0 Å². The summed E-state index contributed by atoms with van der Waals surface area (Å²) >= 11 is 0. The third-order valence-corrected chi connectivity index (χ3v) is 5.62. The summed E-state index contributed by atoms with van der Waals surface area (Å²) in [6.07, 6.45) is 11.0. The topological polar surface area (TPSA) is 0 Å². The molecule has 1 aliphatic rings. The van der Waals surface area contributed by atoms with E-state index < -0.39 is 0 Å². The summed E-state index contributed by atoms with van der Waals surface area (Å²) in [5.74, 6) is 0.721. The molecule has 0 saturated carbocycles. The summed E-state index contributed by atoms with van der Waals surface area (Å²) in [4.78, 5) is 0. The van der Waals surface area contributed by atoms with Gasteiger partial charge >= 0.3 is 0 Å². The van der Waals surface area contributed by atoms with Gasteiger partial charge in [0.15, 0.2) is 0 Å². The van der Waals surface area contributed by atoms with Crippen LogP contribution in [-0.2, 0) is 5.41 Å². The Morgan fingerprint density at radius 2 is 1.68 bits per heavy atom. The third kappa shape index (κ3) is 3.37. The summed E-state index contributed by atoms with van der Waals surface area (Å²) in [7, 11) is 0. The van der Waals surface area contributed by atoms with E-state index in [1.165, 1.54) is 48.8 Å². The fourth-order valence-electron chi connectivity index (χ4n) is 4.01. The molecule has 2 atom stereocenters. The second kappa shape index (κ2) is 7.31. The van der Waals surface area contributed by atoms with Crippen molar-refractivity contribution in [3.8, 4) is 0 Å². The Labute approximate surface area is 137 Å². The van der Waals surface area contributed by atoms with Crippen LogP contribution in [0.5, 0.6) is 0 Å². The SMILES string of the molecule is CCCC(CC)C(C)(C1=CC=C(C)CC1)c1ccc(C)cc1. The third-order valence-electron chi connectivity index (χ3n) is 5.62. The molecule has 120 valence electrons. The highest BCUT2D eigenvalue weighted by Gasteiger charge is 2.37. The van der Waals surface area contributed by atoms with E-state index >= 15 is 0 Å². The Hall–Kier alpha value is -1.30. The van der Waals surface area contributed by atoms with Crippen LogP contribution in [-0.4, -0.2) is 0 Å².